The molecule has 1 N–H and O–H groups in total. The van der Waals surface area contributed by atoms with Crippen LogP contribution >= 0.6 is 0 Å². The van der Waals surface area contributed by atoms with E-state index in [1.165, 1.54) is 6.92 Å². The highest BCUT2D eigenvalue weighted by molar-refractivity contribution is 5.65. The third-order valence-electron chi connectivity index (χ3n) is 2.84. The largest absolute Gasteiger partial charge is 0.464 e. The molecule has 0 saturated carbocycles. The highest BCUT2D eigenvalue weighted by Crippen LogP contribution is 2.22. The van der Waals surface area contributed by atoms with Crippen LogP contribution in [0.1, 0.15) is 6.92 Å². The second-order valence-corrected chi connectivity index (χ2v) is 4.62. The second kappa shape index (κ2) is 8.38. The number of esters is 1. The van der Waals surface area contributed by atoms with Gasteiger partial charge in [-0.2, -0.15) is 10.2 Å². The molecule has 23 heavy (non-hydrogen) atoms. The van der Waals surface area contributed by atoms with Gasteiger partial charge in [0.05, 0.1) is 11.4 Å². The molecule has 0 fully saturated rings. The quantitative estimate of drug-likeness (QED) is 0.353. The summed E-state index contributed by atoms with van der Waals surface area (Å²) in [5, 5.41) is 14.1. The van der Waals surface area contributed by atoms with Crippen LogP contribution in [0, 0.1) is 4.91 Å². The van der Waals surface area contributed by atoms with Crippen molar-refractivity contribution >= 4 is 28.7 Å². The number of nitrogens with one attached hydrogen (secondary N) is 1. The Bertz CT molecular complexity index is 681. The Hall–Kier alpha value is -3.09. The van der Waals surface area contributed by atoms with Crippen LogP contribution in [0.4, 0.5) is 22.7 Å². The minimum Gasteiger partial charge on any atom is -0.464 e. The number of ether oxygens (including phenoxy) is 1. The topological polar surface area (TPSA) is 92.5 Å². The lowest BCUT2D eigenvalue weighted by atomic mass is 10.3. The van der Waals surface area contributed by atoms with E-state index in [1.54, 1.807) is 24.3 Å². The fourth-order valence-corrected chi connectivity index (χ4v) is 1.73. The summed E-state index contributed by atoms with van der Waals surface area (Å²) >= 11 is 0. The lowest BCUT2D eigenvalue weighted by Crippen LogP contribution is -2.11. The highest BCUT2D eigenvalue weighted by atomic mass is 16.5. The first-order chi connectivity index (χ1) is 11.2. The van der Waals surface area contributed by atoms with Crippen molar-refractivity contribution in [2.75, 3.05) is 18.5 Å². The van der Waals surface area contributed by atoms with Crippen LogP contribution < -0.4 is 5.32 Å². The fraction of sp³-hybridized carbons (Fsp3) is 0.188. The molecule has 2 aromatic carbocycles. The summed E-state index contributed by atoms with van der Waals surface area (Å²) in [6, 6.07) is 13.9. The molecule has 0 unspecified atom stereocenters. The van der Waals surface area contributed by atoms with Crippen LogP contribution in [0.5, 0.6) is 0 Å². The molecule has 0 amide bonds. The first kappa shape index (κ1) is 16.3. The van der Waals surface area contributed by atoms with Crippen molar-refractivity contribution in [2.24, 2.45) is 15.4 Å². The number of carbonyl (C=O) groups is 1. The maximum atomic E-state index is 10.6. The van der Waals surface area contributed by atoms with E-state index < -0.39 is 0 Å². The van der Waals surface area contributed by atoms with Crippen molar-refractivity contribution in [1.82, 2.24) is 0 Å². The van der Waals surface area contributed by atoms with Crippen LogP contribution in [-0.2, 0) is 9.53 Å². The third kappa shape index (κ3) is 5.66. The lowest BCUT2D eigenvalue weighted by Gasteiger charge is -2.06. The molecule has 0 aromatic heterocycles. The Morgan fingerprint density at radius 3 is 2.00 bits per heavy atom. The number of nitrogens with zero attached hydrogens (tertiary/aromatic N) is 3. The number of rotatable bonds is 7. The summed E-state index contributed by atoms with van der Waals surface area (Å²) in [7, 11) is 0. The molecule has 0 saturated heterocycles. The molecule has 0 radical (unpaired) electrons. The van der Waals surface area contributed by atoms with Gasteiger partial charge in [-0.05, 0) is 53.7 Å². The maximum Gasteiger partial charge on any atom is 0.302 e. The Balaban J connectivity index is 1.87. The van der Waals surface area contributed by atoms with Gasteiger partial charge in [-0.3, -0.25) is 4.79 Å². The Morgan fingerprint density at radius 2 is 1.48 bits per heavy atom. The van der Waals surface area contributed by atoms with Gasteiger partial charge >= 0.3 is 5.97 Å². The average Bonchev–Trinajstić information content (AvgIpc) is 2.58. The summed E-state index contributed by atoms with van der Waals surface area (Å²) in [5.41, 5.74) is 2.60. The fourth-order valence-electron chi connectivity index (χ4n) is 1.73. The average molecular weight is 312 g/mol. The normalized spacial score (nSPS) is 10.5. The van der Waals surface area contributed by atoms with Crippen molar-refractivity contribution in [2.45, 2.75) is 6.92 Å². The van der Waals surface area contributed by atoms with Gasteiger partial charge < -0.3 is 10.1 Å². The van der Waals surface area contributed by atoms with Gasteiger partial charge in [0.1, 0.15) is 12.3 Å². The molecule has 0 spiro atoms. The van der Waals surface area contributed by atoms with E-state index in [0.717, 1.165) is 5.69 Å². The molecular formula is C16H16N4O3. The van der Waals surface area contributed by atoms with Gasteiger partial charge in [0.25, 0.3) is 0 Å². The molecule has 2 aromatic rings. The molecule has 7 heteroatoms. The molecule has 0 aliphatic rings. The zero-order chi connectivity index (χ0) is 16.5. The summed E-state index contributed by atoms with van der Waals surface area (Å²) in [4.78, 5) is 21.0. The number of nitroso groups, excluding NO2 is 1. The van der Waals surface area contributed by atoms with E-state index in [-0.39, 0.29) is 5.97 Å². The van der Waals surface area contributed by atoms with Crippen LogP contribution in [0.2, 0.25) is 0 Å². The van der Waals surface area contributed by atoms with Gasteiger partial charge in [0.2, 0.25) is 0 Å². The predicted molar refractivity (Wildman–Crippen MR) is 87.6 cm³/mol. The summed E-state index contributed by atoms with van der Waals surface area (Å²) in [6.45, 7) is 2.24. The zero-order valence-electron chi connectivity index (χ0n) is 12.6. The van der Waals surface area contributed by atoms with Crippen molar-refractivity contribution in [3.05, 3.63) is 53.4 Å². The van der Waals surface area contributed by atoms with E-state index in [0.29, 0.717) is 30.2 Å². The Kier molecular flexibility index (Phi) is 5.93. The zero-order valence-corrected chi connectivity index (χ0v) is 12.6. The number of hydrogen-bond acceptors (Lipinski definition) is 7. The second-order valence-electron chi connectivity index (χ2n) is 4.62. The van der Waals surface area contributed by atoms with Gasteiger partial charge in [-0.15, -0.1) is 4.91 Å². The smallest absolute Gasteiger partial charge is 0.302 e. The van der Waals surface area contributed by atoms with E-state index in [9.17, 15) is 9.70 Å². The lowest BCUT2D eigenvalue weighted by molar-refractivity contribution is -0.140. The molecule has 0 bridgehead atoms. The van der Waals surface area contributed by atoms with Gasteiger partial charge in [-0.25, -0.2) is 0 Å². The third-order valence-corrected chi connectivity index (χ3v) is 2.84. The molecule has 0 aliphatic heterocycles. The molecule has 7 nitrogen and oxygen atoms in total. The van der Waals surface area contributed by atoms with Crippen molar-refractivity contribution < 1.29 is 9.53 Å². The van der Waals surface area contributed by atoms with Crippen LogP contribution in [0.15, 0.2) is 63.9 Å². The number of anilines is 1. The Morgan fingerprint density at radius 1 is 0.957 bits per heavy atom. The number of carbonyl (C=O) groups excluding carboxylic acids is 1. The van der Waals surface area contributed by atoms with E-state index in [2.05, 4.69) is 20.7 Å². The summed E-state index contributed by atoms with van der Waals surface area (Å²) in [5.74, 6) is -0.292. The summed E-state index contributed by atoms with van der Waals surface area (Å²) in [6.07, 6.45) is 0. The minimum atomic E-state index is -0.292. The number of hydrogen-bond donors (Lipinski definition) is 1. The standard InChI is InChI=1S/C16H16N4O3/c1-12(21)23-11-10-17-13-2-4-14(5-3-13)18-19-15-6-8-16(20-22)9-7-15/h2-9,17H,10-11H2,1H3. The molecular weight excluding hydrogens is 296 g/mol. The molecule has 118 valence electrons. The molecule has 2 rings (SSSR count). The van der Waals surface area contributed by atoms with Gasteiger partial charge in [0.15, 0.2) is 0 Å². The first-order valence-corrected chi connectivity index (χ1v) is 7.00. The molecule has 0 aliphatic carbocycles. The van der Waals surface area contributed by atoms with Crippen molar-refractivity contribution in [1.29, 1.82) is 0 Å². The minimum absolute atomic E-state index is 0.292. The van der Waals surface area contributed by atoms with Crippen LogP contribution in [0.25, 0.3) is 0 Å². The van der Waals surface area contributed by atoms with Crippen molar-refractivity contribution in [3.8, 4) is 0 Å². The molecule has 0 atom stereocenters. The SMILES string of the molecule is CC(=O)OCCNc1ccc(N=Nc2ccc(N=O)cc2)cc1. The highest BCUT2D eigenvalue weighted by Gasteiger charge is 1.96. The predicted octanol–water partition coefficient (Wildman–Crippen LogP) is 4.47. The number of benzene rings is 2. The Labute approximate surface area is 133 Å². The maximum absolute atomic E-state index is 10.6. The first-order valence-electron chi connectivity index (χ1n) is 7.00. The molecule has 0 heterocycles. The van der Waals surface area contributed by atoms with Crippen LogP contribution in [-0.4, -0.2) is 19.1 Å². The number of azo groups is 1. The van der Waals surface area contributed by atoms with E-state index in [1.807, 2.05) is 24.3 Å². The van der Waals surface area contributed by atoms with Gasteiger partial charge in [-0.1, -0.05) is 0 Å². The summed E-state index contributed by atoms with van der Waals surface area (Å²) < 4.78 is 4.83. The van der Waals surface area contributed by atoms with Gasteiger partial charge in [0, 0.05) is 19.2 Å². The van der Waals surface area contributed by atoms with Crippen molar-refractivity contribution in [3.63, 3.8) is 0 Å². The van der Waals surface area contributed by atoms with Crippen LogP contribution in [0.3, 0.4) is 0 Å². The van der Waals surface area contributed by atoms with E-state index >= 15 is 0 Å². The monoisotopic (exact) mass is 312 g/mol. The van der Waals surface area contributed by atoms with E-state index in [4.69, 9.17) is 4.74 Å².